The lowest BCUT2D eigenvalue weighted by molar-refractivity contribution is 0.0719. The molecule has 0 aromatic heterocycles. The molecule has 0 aliphatic carbocycles. The first kappa shape index (κ1) is 12.8. The van der Waals surface area contributed by atoms with Crippen LogP contribution < -0.4 is 0 Å². The summed E-state index contributed by atoms with van der Waals surface area (Å²) in [6.45, 7) is 4.51. The molecule has 0 aromatic rings. The first-order chi connectivity index (χ1) is 6.20. The van der Waals surface area contributed by atoms with Gasteiger partial charge >= 0.3 is 0 Å². The molecule has 0 bridgehead atoms. The molecule has 0 N–H and O–H groups in total. The lowest BCUT2D eigenvalue weighted by Gasteiger charge is -2.13. The van der Waals surface area contributed by atoms with Crippen LogP contribution in [0.3, 0.4) is 0 Å². The second-order valence-corrected chi connectivity index (χ2v) is 3.70. The average Bonchev–Trinajstić information content (AvgIpc) is 2.05. The number of ether oxygens (including phenoxy) is 1. The Hall–Kier alpha value is -0.180. The van der Waals surface area contributed by atoms with Gasteiger partial charge in [-0.25, -0.2) is 0 Å². The highest BCUT2D eigenvalue weighted by molar-refractivity contribution is 4.53. The molecular weight excluding hydrogens is 174 g/mol. The van der Waals surface area contributed by atoms with Gasteiger partial charge in [-0.15, -0.1) is 0 Å². The Morgan fingerprint density at radius 2 is 1.31 bits per heavy atom. The minimum Gasteiger partial charge on any atom is -0.381 e. The van der Waals surface area contributed by atoms with Crippen molar-refractivity contribution in [1.82, 2.24) is 0 Å². The molecule has 2 unspecified atom stereocenters. The molecule has 13 heavy (non-hydrogen) atoms. The van der Waals surface area contributed by atoms with Gasteiger partial charge in [-0.3, -0.25) is 8.78 Å². The van der Waals surface area contributed by atoms with E-state index >= 15 is 0 Å². The number of hydrogen-bond donors (Lipinski definition) is 0. The molecule has 0 saturated heterocycles. The highest BCUT2D eigenvalue weighted by Gasteiger charge is 2.05. The van der Waals surface area contributed by atoms with Crippen molar-refractivity contribution in [2.24, 2.45) is 11.8 Å². The Bertz CT molecular complexity index is 97.1. The zero-order valence-electron chi connectivity index (χ0n) is 8.56. The third-order valence-electron chi connectivity index (χ3n) is 2.01. The van der Waals surface area contributed by atoms with Gasteiger partial charge in [-0.1, -0.05) is 13.8 Å². The topological polar surface area (TPSA) is 9.23 Å². The first-order valence-electron chi connectivity index (χ1n) is 4.90. The average molecular weight is 194 g/mol. The van der Waals surface area contributed by atoms with E-state index in [2.05, 4.69) is 0 Å². The number of halogens is 2. The van der Waals surface area contributed by atoms with Crippen LogP contribution in [0.2, 0.25) is 0 Å². The van der Waals surface area contributed by atoms with Crippen LogP contribution in [0.4, 0.5) is 8.78 Å². The summed E-state index contributed by atoms with van der Waals surface area (Å²) >= 11 is 0. The predicted molar refractivity (Wildman–Crippen MR) is 50.3 cm³/mol. The lowest BCUT2D eigenvalue weighted by Crippen LogP contribution is -2.12. The van der Waals surface area contributed by atoms with Gasteiger partial charge in [0.1, 0.15) is 0 Å². The van der Waals surface area contributed by atoms with E-state index in [1.54, 1.807) is 0 Å². The van der Waals surface area contributed by atoms with Gasteiger partial charge in [0, 0.05) is 13.2 Å². The fourth-order valence-electron chi connectivity index (χ4n) is 1.01. The molecule has 2 atom stereocenters. The summed E-state index contributed by atoms with van der Waals surface area (Å²) in [5.41, 5.74) is 0. The summed E-state index contributed by atoms with van der Waals surface area (Å²) in [6.07, 6.45) is 1.11. The zero-order chi connectivity index (χ0) is 10.1. The number of alkyl halides is 2. The number of hydrogen-bond acceptors (Lipinski definition) is 1. The lowest BCUT2D eigenvalue weighted by atomic mass is 10.1. The molecule has 0 radical (unpaired) electrons. The Morgan fingerprint density at radius 1 is 0.923 bits per heavy atom. The quantitative estimate of drug-likeness (QED) is 0.577. The predicted octanol–water partition coefficient (Wildman–Crippen LogP) is 2.99. The summed E-state index contributed by atoms with van der Waals surface area (Å²) in [5, 5.41) is 0. The SMILES string of the molecule is CC(CCF)COCC(C)CCF. The molecule has 80 valence electrons. The fourth-order valence-corrected chi connectivity index (χ4v) is 1.01. The van der Waals surface area contributed by atoms with Crippen LogP contribution in [-0.4, -0.2) is 26.6 Å². The standard InChI is InChI=1S/C10H20F2O/c1-9(3-5-11)7-13-8-10(2)4-6-12/h9-10H,3-8H2,1-2H3. The van der Waals surface area contributed by atoms with Gasteiger partial charge < -0.3 is 4.74 Å². The third-order valence-corrected chi connectivity index (χ3v) is 2.01. The van der Waals surface area contributed by atoms with Gasteiger partial charge in [0.15, 0.2) is 0 Å². The van der Waals surface area contributed by atoms with Crippen molar-refractivity contribution in [3.8, 4) is 0 Å². The Balaban J connectivity index is 3.23. The van der Waals surface area contributed by atoms with Gasteiger partial charge in [0.05, 0.1) is 13.3 Å². The van der Waals surface area contributed by atoms with Crippen molar-refractivity contribution >= 4 is 0 Å². The van der Waals surface area contributed by atoms with E-state index in [0.717, 1.165) is 0 Å². The molecular formula is C10H20F2O. The van der Waals surface area contributed by atoms with Crippen LogP contribution in [0.1, 0.15) is 26.7 Å². The fraction of sp³-hybridized carbons (Fsp3) is 1.00. The second-order valence-electron chi connectivity index (χ2n) is 3.70. The highest BCUT2D eigenvalue weighted by Crippen LogP contribution is 2.06. The minimum atomic E-state index is -0.287. The normalized spacial score (nSPS) is 15.7. The molecule has 0 saturated carbocycles. The molecule has 0 rings (SSSR count). The summed E-state index contributed by atoms with van der Waals surface area (Å²) in [7, 11) is 0. The molecule has 0 fully saturated rings. The van der Waals surface area contributed by atoms with E-state index in [4.69, 9.17) is 4.74 Å². The van der Waals surface area contributed by atoms with Crippen molar-refractivity contribution in [1.29, 1.82) is 0 Å². The summed E-state index contributed by atoms with van der Waals surface area (Å²) in [6, 6.07) is 0. The Kier molecular flexibility index (Phi) is 8.30. The van der Waals surface area contributed by atoms with Crippen LogP contribution in [0, 0.1) is 11.8 Å². The molecule has 3 heteroatoms. The van der Waals surface area contributed by atoms with Gasteiger partial charge in [-0.2, -0.15) is 0 Å². The second kappa shape index (κ2) is 8.42. The highest BCUT2D eigenvalue weighted by atomic mass is 19.1. The minimum absolute atomic E-state index is 0.266. The third kappa shape index (κ3) is 8.16. The molecule has 0 spiro atoms. The first-order valence-corrected chi connectivity index (χ1v) is 4.90. The van der Waals surface area contributed by atoms with E-state index in [1.165, 1.54) is 0 Å². The molecule has 0 aromatic carbocycles. The maximum Gasteiger partial charge on any atom is 0.0897 e. The molecule has 0 aliphatic rings. The number of rotatable bonds is 8. The van der Waals surface area contributed by atoms with Crippen LogP contribution in [0.5, 0.6) is 0 Å². The molecule has 0 heterocycles. The Morgan fingerprint density at radius 3 is 1.62 bits per heavy atom. The Labute approximate surface area is 79.5 Å². The van der Waals surface area contributed by atoms with Crippen LogP contribution >= 0.6 is 0 Å². The largest absolute Gasteiger partial charge is 0.381 e. The maximum atomic E-state index is 11.8. The summed E-state index contributed by atoms with van der Waals surface area (Å²) in [5.74, 6) is 0.533. The van der Waals surface area contributed by atoms with Crippen molar-refractivity contribution < 1.29 is 13.5 Å². The van der Waals surface area contributed by atoms with Gasteiger partial charge in [0.25, 0.3) is 0 Å². The van der Waals surface area contributed by atoms with Crippen LogP contribution in [-0.2, 0) is 4.74 Å². The zero-order valence-corrected chi connectivity index (χ0v) is 8.56. The van der Waals surface area contributed by atoms with E-state index in [0.29, 0.717) is 26.1 Å². The molecule has 0 amide bonds. The molecule has 1 nitrogen and oxygen atoms in total. The monoisotopic (exact) mass is 194 g/mol. The van der Waals surface area contributed by atoms with E-state index in [1.807, 2.05) is 13.8 Å². The van der Waals surface area contributed by atoms with E-state index < -0.39 is 0 Å². The molecule has 0 aliphatic heterocycles. The summed E-state index contributed by atoms with van der Waals surface area (Å²) in [4.78, 5) is 0. The van der Waals surface area contributed by atoms with Crippen molar-refractivity contribution in [2.75, 3.05) is 26.6 Å². The smallest absolute Gasteiger partial charge is 0.0897 e. The van der Waals surface area contributed by atoms with Crippen LogP contribution in [0.25, 0.3) is 0 Å². The summed E-state index contributed by atoms with van der Waals surface area (Å²) < 4.78 is 29.0. The van der Waals surface area contributed by atoms with E-state index in [9.17, 15) is 8.78 Å². The maximum absolute atomic E-state index is 11.8. The van der Waals surface area contributed by atoms with E-state index in [-0.39, 0.29) is 25.2 Å². The van der Waals surface area contributed by atoms with Crippen molar-refractivity contribution in [2.45, 2.75) is 26.7 Å². The van der Waals surface area contributed by atoms with Crippen molar-refractivity contribution in [3.63, 3.8) is 0 Å². The van der Waals surface area contributed by atoms with Gasteiger partial charge in [-0.05, 0) is 24.7 Å². The van der Waals surface area contributed by atoms with Crippen molar-refractivity contribution in [3.05, 3.63) is 0 Å². The van der Waals surface area contributed by atoms with Crippen LogP contribution in [0.15, 0.2) is 0 Å². The van der Waals surface area contributed by atoms with Gasteiger partial charge in [0.2, 0.25) is 0 Å².